The summed E-state index contributed by atoms with van der Waals surface area (Å²) < 4.78 is 7.10. The van der Waals surface area contributed by atoms with Gasteiger partial charge >= 0.3 is 5.69 Å². The molecular weight excluding hydrogens is 296 g/mol. The lowest BCUT2D eigenvalue weighted by molar-refractivity contribution is -0.126. The Hall–Kier alpha value is -2.57. The second-order valence-electron chi connectivity index (χ2n) is 5.55. The van der Waals surface area contributed by atoms with E-state index in [0.717, 1.165) is 17.1 Å². The summed E-state index contributed by atoms with van der Waals surface area (Å²) in [5, 5.41) is 9.33. The maximum absolute atomic E-state index is 12.4. The fourth-order valence-corrected chi connectivity index (χ4v) is 2.83. The summed E-state index contributed by atoms with van der Waals surface area (Å²) in [4.78, 5) is 24.0. The van der Waals surface area contributed by atoms with E-state index in [4.69, 9.17) is 4.74 Å². The van der Waals surface area contributed by atoms with Crippen molar-refractivity contribution in [2.75, 3.05) is 6.61 Å². The minimum absolute atomic E-state index is 0.0462. The van der Waals surface area contributed by atoms with Crippen molar-refractivity contribution in [3.63, 3.8) is 0 Å². The van der Waals surface area contributed by atoms with Gasteiger partial charge in [0.05, 0.1) is 12.5 Å². The summed E-state index contributed by atoms with van der Waals surface area (Å²) in [6, 6.07) is 7.65. The fourth-order valence-electron chi connectivity index (χ4n) is 2.83. The zero-order valence-electron chi connectivity index (χ0n) is 13.0. The van der Waals surface area contributed by atoms with Crippen LogP contribution in [0.25, 0.3) is 0 Å². The Bertz CT molecular complexity index is 750. The van der Waals surface area contributed by atoms with E-state index in [1.807, 2.05) is 31.2 Å². The van der Waals surface area contributed by atoms with E-state index in [9.17, 15) is 9.59 Å². The molecule has 1 unspecified atom stereocenters. The molecular formula is C16H20N4O3. The van der Waals surface area contributed by atoms with E-state index in [-0.39, 0.29) is 17.5 Å². The largest absolute Gasteiger partial charge is 0.494 e. The number of nitrogens with one attached hydrogen (secondary N) is 2. The van der Waals surface area contributed by atoms with Crippen LogP contribution in [0.4, 0.5) is 0 Å². The van der Waals surface area contributed by atoms with Gasteiger partial charge < -0.3 is 10.1 Å². The average Bonchev–Trinajstić information content (AvgIpc) is 2.95. The number of ether oxygens (including phenoxy) is 1. The van der Waals surface area contributed by atoms with Gasteiger partial charge in [0.2, 0.25) is 5.91 Å². The Morgan fingerprint density at radius 1 is 1.48 bits per heavy atom. The molecule has 7 heteroatoms. The van der Waals surface area contributed by atoms with Crippen molar-refractivity contribution in [2.24, 2.45) is 5.92 Å². The van der Waals surface area contributed by atoms with Gasteiger partial charge in [-0.2, -0.15) is 5.10 Å². The molecule has 1 aromatic heterocycles. The van der Waals surface area contributed by atoms with Crippen molar-refractivity contribution in [3.05, 3.63) is 46.1 Å². The van der Waals surface area contributed by atoms with Crippen molar-refractivity contribution in [1.29, 1.82) is 0 Å². The molecule has 1 atom stereocenters. The maximum atomic E-state index is 12.4. The van der Waals surface area contributed by atoms with Gasteiger partial charge in [-0.25, -0.2) is 9.89 Å². The maximum Gasteiger partial charge on any atom is 0.343 e. The summed E-state index contributed by atoms with van der Waals surface area (Å²) in [5.41, 5.74) is 0.693. The zero-order chi connectivity index (χ0) is 16.2. The van der Waals surface area contributed by atoms with Crippen LogP contribution < -0.4 is 15.7 Å². The number of benzene rings is 1. The molecule has 0 aliphatic carbocycles. The molecule has 2 aromatic rings. The van der Waals surface area contributed by atoms with Crippen molar-refractivity contribution in [1.82, 2.24) is 20.1 Å². The molecule has 1 amide bonds. The Balaban J connectivity index is 1.62. The number of para-hydroxylation sites is 1. The lowest BCUT2D eigenvalue weighted by Gasteiger charge is -2.22. The van der Waals surface area contributed by atoms with Gasteiger partial charge in [0.15, 0.2) is 0 Å². The first-order valence-electron chi connectivity index (χ1n) is 7.81. The number of hydrogen-bond donors (Lipinski definition) is 2. The zero-order valence-corrected chi connectivity index (χ0v) is 13.0. The highest BCUT2D eigenvalue weighted by atomic mass is 16.5. The number of H-pyrrole nitrogens is 1. The van der Waals surface area contributed by atoms with E-state index >= 15 is 0 Å². The summed E-state index contributed by atoms with van der Waals surface area (Å²) >= 11 is 0. The van der Waals surface area contributed by atoms with Gasteiger partial charge in [-0.1, -0.05) is 18.2 Å². The van der Waals surface area contributed by atoms with E-state index in [1.54, 1.807) is 4.57 Å². The van der Waals surface area contributed by atoms with Crippen molar-refractivity contribution < 1.29 is 9.53 Å². The summed E-state index contributed by atoms with van der Waals surface area (Å²) in [7, 11) is 0. The van der Waals surface area contributed by atoms with Crippen LogP contribution in [0.2, 0.25) is 0 Å². The molecule has 0 spiro atoms. The first kappa shape index (κ1) is 15.3. The number of amides is 1. The summed E-state index contributed by atoms with van der Waals surface area (Å²) in [6.45, 7) is 3.31. The molecule has 7 nitrogen and oxygen atoms in total. The normalized spacial score (nSPS) is 16.7. The number of nitrogens with zero attached hydrogens (tertiary/aromatic N) is 2. The second kappa shape index (κ2) is 6.68. The standard InChI is InChI=1S/C16H20N4O3/c1-2-23-13-6-4-3-5-11(13)9-17-15(21)12-7-8-14-18-19-16(22)20(14)10-12/h3-6,12H,2,7-10H2,1H3,(H,17,21)(H,19,22). The fraction of sp³-hybridized carbons (Fsp3) is 0.438. The Labute approximate surface area is 133 Å². The molecule has 0 fully saturated rings. The molecule has 0 saturated carbocycles. The topological polar surface area (TPSA) is 89.0 Å². The monoisotopic (exact) mass is 316 g/mol. The Morgan fingerprint density at radius 3 is 3.13 bits per heavy atom. The SMILES string of the molecule is CCOc1ccccc1CNC(=O)C1CCc2n[nH]c(=O)n2C1. The van der Waals surface area contributed by atoms with Crippen LogP contribution in [0.3, 0.4) is 0 Å². The predicted octanol–water partition coefficient (Wildman–Crippen LogP) is 0.849. The van der Waals surface area contributed by atoms with Crippen molar-refractivity contribution in [2.45, 2.75) is 32.9 Å². The Kier molecular flexibility index (Phi) is 4.45. The lowest BCUT2D eigenvalue weighted by Crippen LogP contribution is -2.38. The molecule has 122 valence electrons. The molecule has 1 aliphatic rings. The molecule has 0 saturated heterocycles. The van der Waals surface area contributed by atoms with E-state index in [1.165, 1.54) is 0 Å². The number of carbonyl (C=O) groups is 1. The van der Waals surface area contributed by atoms with Crippen LogP contribution in [0.1, 0.15) is 24.7 Å². The number of hydrogen-bond acceptors (Lipinski definition) is 4. The first-order chi connectivity index (χ1) is 11.2. The van der Waals surface area contributed by atoms with Gasteiger partial charge in [-0.05, 0) is 19.4 Å². The van der Waals surface area contributed by atoms with Crippen molar-refractivity contribution in [3.8, 4) is 5.75 Å². The highest BCUT2D eigenvalue weighted by Crippen LogP contribution is 2.19. The highest BCUT2D eigenvalue weighted by Gasteiger charge is 2.26. The molecule has 0 radical (unpaired) electrons. The van der Waals surface area contributed by atoms with E-state index < -0.39 is 0 Å². The predicted molar refractivity (Wildman–Crippen MR) is 84.1 cm³/mol. The highest BCUT2D eigenvalue weighted by molar-refractivity contribution is 5.78. The van der Waals surface area contributed by atoms with Crippen LogP contribution in [-0.2, 0) is 24.3 Å². The van der Waals surface area contributed by atoms with E-state index in [2.05, 4.69) is 15.5 Å². The van der Waals surface area contributed by atoms with Gasteiger partial charge in [0.1, 0.15) is 11.6 Å². The molecule has 1 aliphatic heterocycles. The molecule has 3 rings (SSSR count). The van der Waals surface area contributed by atoms with Crippen molar-refractivity contribution >= 4 is 5.91 Å². The molecule has 1 aromatic carbocycles. The van der Waals surface area contributed by atoms with Gasteiger partial charge in [0.25, 0.3) is 0 Å². The van der Waals surface area contributed by atoms with Crippen LogP contribution in [-0.4, -0.2) is 27.3 Å². The van der Waals surface area contributed by atoms with Crippen LogP contribution in [0.15, 0.2) is 29.1 Å². The molecule has 2 heterocycles. The van der Waals surface area contributed by atoms with Crippen LogP contribution >= 0.6 is 0 Å². The van der Waals surface area contributed by atoms with Crippen LogP contribution in [0, 0.1) is 5.92 Å². The number of rotatable bonds is 5. The molecule has 23 heavy (non-hydrogen) atoms. The third kappa shape index (κ3) is 3.28. The smallest absolute Gasteiger partial charge is 0.343 e. The number of aromatic amines is 1. The Morgan fingerprint density at radius 2 is 2.30 bits per heavy atom. The summed E-state index contributed by atoms with van der Waals surface area (Å²) in [5.74, 6) is 1.25. The third-order valence-electron chi connectivity index (χ3n) is 4.05. The number of aromatic nitrogens is 3. The van der Waals surface area contributed by atoms with E-state index in [0.29, 0.717) is 32.5 Å². The average molecular weight is 316 g/mol. The minimum Gasteiger partial charge on any atom is -0.494 e. The van der Waals surface area contributed by atoms with Gasteiger partial charge in [-0.3, -0.25) is 9.36 Å². The quantitative estimate of drug-likeness (QED) is 0.856. The van der Waals surface area contributed by atoms with Gasteiger partial charge in [0, 0.05) is 25.1 Å². The number of aryl methyl sites for hydroxylation is 1. The third-order valence-corrected chi connectivity index (χ3v) is 4.05. The minimum atomic E-state index is -0.251. The number of carbonyl (C=O) groups excluding carboxylic acids is 1. The number of fused-ring (bicyclic) bond motifs is 1. The molecule has 2 N–H and O–H groups in total. The summed E-state index contributed by atoms with van der Waals surface area (Å²) in [6.07, 6.45) is 1.33. The lowest BCUT2D eigenvalue weighted by atomic mass is 9.98. The first-order valence-corrected chi connectivity index (χ1v) is 7.81. The van der Waals surface area contributed by atoms with Crippen LogP contribution in [0.5, 0.6) is 5.75 Å². The molecule has 0 bridgehead atoms. The van der Waals surface area contributed by atoms with Gasteiger partial charge in [-0.15, -0.1) is 0 Å². The second-order valence-corrected chi connectivity index (χ2v) is 5.55.